The number of carbonyl (C=O) groups excluding carboxylic acids is 1. The second kappa shape index (κ2) is 5.74. The fourth-order valence-electron chi connectivity index (χ4n) is 2.72. The maximum Gasteiger partial charge on any atom is 0.229 e. The molecule has 0 aromatic heterocycles. The smallest absolute Gasteiger partial charge is 0.229 e. The number of nitrogens with zero attached hydrogens (tertiary/aromatic N) is 1. The highest BCUT2D eigenvalue weighted by Crippen LogP contribution is 2.28. The molecule has 3 nitrogen and oxygen atoms in total. The lowest BCUT2D eigenvalue weighted by atomic mass is 10.0. The van der Waals surface area contributed by atoms with Crippen LogP contribution in [0.15, 0.2) is 24.3 Å². The normalized spacial score (nSPS) is 22.8. The average molecular weight is 260 g/mol. The average Bonchev–Trinajstić information content (AvgIpc) is 2.84. The number of carbonyl (C=O) groups is 1. The van der Waals surface area contributed by atoms with Gasteiger partial charge in [0.25, 0.3) is 0 Å². The Morgan fingerprint density at radius 3 is 2.37 bits per heavy atom. The van der Waals surface area contributed by atoms with E-state index in [0.29, 0.717) is 5.92 Å². The van der Waals surface area contributed by atoms with Crippen LogP contribution in [0.5, 0.6) is 0 Å². The Balaban J connectivity index is 2.06. The molecule has 1 fully saturated rings. The molecule has 1 saturated carbocycles. The molecule has 0 bridgehead atoms. The van der Waals surface area contributed by atoms with Crippen LogP contribution in [0.2, 0.25) is 0 Å². The van der Waals surface area contributed by atoms with Crippen molar-refractivity contribution in [2.45, 2.75) is 45.1 Å². The fraction of sp³-hybridized carbons (Fsp3) is 0.562. The summed E-state index contributed by atoms with van der Waals surface area (Å²) in [5.41, 5.74) is 8.15. The molecule has 1 amide bonds. The zero-order valence-corrected chi connectivity index (χ0v) is 12.1. The third kappa shape index (κ3) is 3.16. The SMILES string of the molecule is CC(C)c1ccc(N(C)C(=O)[C@@H]2CC[C@H](N)C2)cc1. The Bertz CT molecular complexity index is 439. The van der Waals surface area contributed by atoms with Crippen LogP contribution in [0.4, 0.5) is 5.69 Å². The van der Waals surface area contributed by atoms with Crippen LogP contribution >= 0.6 is 0 Å². The minimum absolute atomic E-state index is 0.102. The molecule has 0 radical (unpaired) electrons. The molecule has 3 heteroatoms. The Morgan fingerprint density at radius 2 is 1.89 bits per heavy atom. The van der Waals surface area contributed by atoms with Crippen LogP contribution in [0, 0.1) is 5.92 Å². The molecule has 0 heterocycles. The molecule has 0 unspecified atom stereocenters. The van der Waals surface area contributed by atoms with Gasteiger partial charge in [0.2, 0.25) is 5.91 Å². The highest BCUT2D eigenvalue weighted by Gasteiger charge is 2.30. The van der Waals surface area contributed by atoms with Crippen molar-refractivity contribution in [3.63, 3.8) is 0 Å². The highest BCUT2D eigenvalue weighted by atomic mass is 16.2. The van der Waals surface area contributed by atoms with Gasteiger partial charge < -0.3 is 10.6 Å². The first-order chi connectivity index (χ1) is 8.99. The van der Waals surface area contributed by atoms with Crippen molar-refractivity contribution in [1.29, 1.82) is 0 Å². The van der Waals surface area contributed by atoms with Crippen LogP contribution in [0.25, 0.3) is 0 Å². The quantitative estimate of drug-likeness (QED) is 0.908. The number of rotatable bonds is 3. The summed E-state index contributed by atoms with van der Waals surface area (Å²) in [5.74, 6) is 0.818. The third-order valence-corrected chi connectivity index (χ3v) is 4.10. The summed E-state index contributed by atoms with van der Waals surface area (Å²) in [6.07, 6.45) is 2.72. The molecule has 104 valence electrons. The van der Waals surface area contributed by atoms with E-state index in [0.717, 1.165) is 24.9 Å². The van der Waals surface area contributed by atoms with Crippen molar-refractivity contribution in [3.05, 3.63) is 29.8 Å². The van der Waals surface area contributed by atoms with Crippen molar-refractivity contribution in [3.8, 4) is 0 Å². The second-order valence-corrected chi connectivity index (χ2v) is 5.91. The third-order valence-electron chi connectivity index (χ3n) is 4.10. The van der Waals surface area contributed by atoms with Gasteiger partial charge in [-0.15, -0.1) is 0 Å². The summed E-state index contributed by atoms with van der Waals surface area (Å²) in [6.45, 7) is 4.34. The fourth-order valence-corrected chi connectivity index (χ4v) is 2.72. The van der Waals surface area contributed by atoms with Gasteiger partial charge in [-0.2, -0.15) is 0 Å². The molecule has 0 saturated heterocycles. The molecular weight excluding hydrogens is 236 g/mol. The monoisotopic (exact) mass is 260 g/mol. The van der Waals surface area contributed by atoms with Crippen LogP contribution in [-0.4, -0.2) is 19.0 Å². The van der Waals surface area contributed by atoms with E-state index in [1.54, 1.807) is 4.90 Å². The lowest BCUT2D eigenvalue weighted by Crippen LogP contribution is -2.32. The summed E-state index contributed by atoms with van der Waals surface area (Å²) in [7, 11) is 1.86. The first-order valence-electron chi connectivity index (χ1n) is 7.12. The minimum atomic E-state index is 0.102. The van der Waals surface area contributed by atoms with E-state index < -0.39 is 0 Å². The van der Waals surface area contributed by atoms with Gasteiger partial charge in [-0.25, -0.2) is 0 Å². The molecule has 1 aromatic rings. The summed E-state index contributed by atoms with van der Waals surface area (Å²) in [5, 5.41) is 0. The summed E-state index contributed by atoms with van der Waals surface area (Å²) < 4.78 is 0. The highest BCUT2D eigenvalue weighted by molar-refractivity contribution is 5.94. The number of hydrogen-bond donors (Lipinski definition) is 1. The van der Waals surface area contributed by atoms with Crippen molar-refractivity contribution >= 4 is 11.6 Å². The van der Waals surface area contributed by atoms with Crippen molar-refractivity contribution < 1.29 is 4.79 Å². The van der Waals surface area contributed by atoms with Gasteiger partial charge in [0.1, 0.15) is 0 Å². The van der Waals surface area contributed by atoms with Crippen LogP contribution in [0.1, 0.15) is 44.6 Å². The van der Waals surface area contributed by atoms with E-state index in [1.165, 1.54) is 5.56 Å². The van der Waals surface area contributed by atoms with Crippen molar-refractivity contribution in [2.75, 3.05) is 11.9 Å². The molecule has 2 atom stereocenters. The molecule has 2 rings (SSSR count). The summed E-state index contributed by atoms with van der Waals surface area (Å²) >= 11 is 0. The molecule has 1 aliphatic rings. The molecular formula is C16H24N2O. The molecule has 0 aliphatic heterocycles. The van der Waals surface area contributed by atoms with E-state index in [4.69, 9.17) is 5.73 Å². The maximum absolute atomic E-state index is 12.4. The van der Waals surface area contributed by atoms with Crippen LogP contribution in [0.3, 0.4) is 0 Å². The largest absolute Gasteiger partial charge is 0.328 e. The van der Waals surface area contributed by atoms with E-state index in [-0.39, 0.29) is 17.9 Å². The van der Waals surface area contributed by atoms with Gasteiger partial charge in [-0.3, -0.25) is 4.79 Å². The number of amides is 1. The minimum Gasteiger partial charge on any atom is -0.328 e. The van der Waals surface area contributed by atoms with Gasteiger partial charge in [-0.05, 0) is 42.9 Å². The predicted molar refractivity (Wildman–Crippen MR) is 79.3 cm³/mol. The van der Waals surface area contributed by atoms with E-state index in [9.17, 15) is 4.79 Å². The topological polar surface area (TPSA) is 46.3 Å². The molecule has 0 spiro atoms. The summed E-state index contributed by atoms with van der Waals surface area (Å²) in [6, 6.07) is 8.46. The van der Waals surface area contributed by atoms with Crippen LogP contribution in [-0.2, 0) is 4.79 Å². The standard InChI is InChI=1S/C16H24N2O/c1-11(2)12-5-8-15(9-6-12)18(3)16(19)13-4-7-14(17)10-13/h5-6,8-9,11,13-14H,4,7,10,17H2,1-3H3/t13-,14+/m1/s1. The number of anilines is 1. The summed E-state index contributed by atoms with van der Waals surface area (Å²) in [4.78, 5) is 14.2. The van der Waals surface area contributed by atoms with Gasteiger partial charge in [0.15, 0.2) is 0 Å². The molecule has 1 aliphatic carbocycles. The molecule has 19 heavy (non-hydrogen) atoms. The van der Waals surface area contributed by atoms with Crippen molar-refractivity contribution in [1.82, 2.24) is 0 Å². The number of hydrogen-bond acceptors (Lipinski definition) is 2. The molecule has 2 N–H and O–H groups in total. The van der Waals surface area contributed by atoms with Crippen molar-refractivity contribution in [2.24, 2.45) is 11.7 Å². The van der Waals surface area contributed by atoms with Gasteiger partial charge >= 0.3 is 0 Å². The first-order valence-corrected chi connectivity index (χ1v) is 7.12. The predicted octanol–water partition coefficient (Wildman–Crippen LogP) is 2.90. The van der Waals surface area contributed by atoms with E-state index >= 15 is 0 Å². The Labute approximate surface area is 115 Å². The Morgan fingerprint density at radius 1 is 1.26 bits per heavy atom. The first kappa shape index (κ1) is 14.1. The lowest BCUT2D eigenvalue weighted by molar-refractivity contribution is -0.121. The number of benzene rings is 1. The molecule has 1 aromatic carbocycles. The Hall–Kier alpha value is -1.35. The second-order valence-electron chi connectivity index (χ2n) is 5.91. The van der Waals surface area contributed by atoms with E-state index in [1.807, 2.05) is 19.2 Å². The zero-order valence-electron chi connectivity index (χ0n) is 12.1. The van der Waals surface area contributed by atoms with Crippen LogP contribution < -0.4 is 10.6 Å². The number of nitrogens with two attached hydrogens (primary N) is 1. The van der Waals surface area contributed by atoms with Gasteiger partial charge in [-0.1, -0.05) is 26.0 Å². The zero-order chi connectivity index (χ0) is 14.0. The van der Waals surface area contributed by atoms with E-state index in [2.05, 4.69) is 26.0 Å². The van der Waals surface area contributed by atoms with Gasteiger partial charge in [0, 0.05) is 24.7 Å². The lowest BCUT2D eigenvalue weighted by Gasteiger charge is -2.21. The van der Waals surface area contributed by atoms with Gasteiger partial charge in [0.05, 0.1) is 0 Å². The maximum atomic E-state index is 12.4. The Kier molecular flexibility index (Phi) is 4.25.